The molecule has 1 fully saturated rings. The van der Waals surface area contributed by atoms with Crippen LogP contribution in [0.2, 0.25) is 0 Å². The number of benzene rings is 1. The van der Waals surface area contributed by atoms with Crippen molar-refractivity contribution in [2.24, 2.45) is 0 Å². The number of aromatic nitrogens is 1. The van der Waals surface area contributed by atoms with Gasteiger partial charge in [0.1, 0.15) is 12.4 Å². The fourth-order valence-corrected chi connectivity index (χ4v) is 3.10. The van der Waals surface area contributed by atoms with Gasteiger partial charge < -0.3 is 15.3 Å². The van der Waals surface area contributed by atoms with Gasteiger partial charge in [-0.15, -0.1) is 0 Å². The number of hydrogen-bond donors (Lipinski definition) is 2. The van der Waals surface area contributed by atoms with Crippen molar-refractivity contribution in [2.45, 2.75) is 0 Å². The van der Waals surface area contributed by atoms with Crippen LogP contribution in [0.25, 0.3) is 10.2 Å². The summed E-state index contributed by atoms with van der Waals surface area (Å²) in [5.41, 5.74) is 0.862. The number of ether oxygens (including phenoxy) is 2. The van der Waals surface area contributed by atoms with Crippen LogP contribution in [0, 0.1) is 5.41 Å². The Morgan fingerprint density at radius 2 is 2.15 bits per heavy atom. The minimum absolute atomic E-state index is 0.338. The number of thiazole rings is 1. The average molecular weight is 294 g/mol. The van der Waals surface area contributed by atoms with Gasteiger partial charge >= 0.3 is 0 Å². The van der Waals surface area contributed by atoms with Gasteiger partial charge in [-0.05, 0) is 18.2 Å². The maximum atomic E-state index is 7.69. The van der Waals surface area contributed by atoms with Crippen molar-refractivity contribution in [1.82, 2.24) is 9.58 Å². The van der Waals surface area contributed by atoms with Crippen molar-refractivity contribution >= 4 is 21.6 Å². The number of nitrogens with zero attached hydrogens (tertiary/aromatic N) is 2. The number of rotatable bonds is 4. The highest BCUT2D eigenvalue weighted by atomic mass is 32.1. The molecule has 3 rings (SSSR count). The summed E-state index contributed by atoms with van der Waals surface area (Å²) < 4.78 is 13.5. The van der Waals surface area contributed by atoms with E-state index >= 15 is 0 Å². The van der Waals surface area contributed by atoms with E-state index in [9.17, 15) is 0 Å². The molecule has 0 aliphatic carbocycles. The highest BCUT2D eigenvalue weighted by Crippen LogP contribution is 2.22. The summed E-state index contributed by atoms with van der Waals surface area (Å²) in [5.74, 6) is 6.59. The van der Waals surface area contributed by atoms with Gasteiger partial charge in [0, 0.05) is 19.6 Å². The van der Waals surface area contributed by atoms with Gasteiger partial charge in [0.15, 0.2) is 0 Å². The second-order valence-corrected chi connectivity index (χ2v) is 5.74. The van der Waals surface area contributed by atoms with Gasteiger partial charge in [-0.25, -0.2) is 4.68 Å². The first-order valence-electron chi connectivity index (χ1n) is 6.62. The van der Waals surface area contributed by atoms with E-state index in [-0.39, 0.29) is 0 Å². The molecular weight excluding hydrogens is 276 g/mol. The third-order valence-electron chi connectivity index (χ3n) is 3.40. The molecule has 1 aliphatic heterocycles. The summed E-state index contributed by atoms with van der Waals surface area (Å²) in [7, 11) is 0. The van der Waals surface area contributed by atoms with Crippen molar-refractivity contribution in [3.63, 3.8) is 0 Å². The number of hydrogen-bond acceptors (Lipinski definition) is 6. The highest BCUT2D eigenvalue weighted by molar-refractivity contribution is 7.16. The van der Waals surface area contributed by atoms with E-state index in [1.54, 1.807) is 0 Å². The quantitative estimate of drug-likeness (QED) is 0.810. The molecule has 0 amide bonds. The van der Waals surface area contributed by atoms with Crippen LogP contribution in [0.4, 0.5) is 0 Å². The molecule has 0 radical (unpaired) electrons. The molecule has 0 saturated carbocycles. The van der Waals surface area contributed by atoms with Gasteiger partial charge in [-0.3, -0.25) is 10.3 Å². The number of morpholine rings is 1. The molecule has 0 unspecified atom stereocenters. The molecule has 0 atom stereocenters. The van der Waals surface area contributed by atoms with Crippen LogP contribution in [0.3, 0.4) is 0 Å². The third-order valence-corrected chi connectivity index (χ3v) is 4.33. The molecule has 1 aromatic carbocycles. The zero-order valence-electron chi connectivity index (χ0n) is 11.2. The largest absolute Gasteiger partial charge is 0.492 e. The Bertz CT molecular complexity index is 645. The minimum atomic E-state index is 0.338. The molecule has 2 heterocycles. The fourth-order valence-electron chi connectivity index (χ4n) is 2.25. The average Bonchev–Trinajstić information content (AvgIpc) is 2.75. The van der Waals surface area contributed by atoms with E-state index in [4.69, 9.17) is 20.7 Å². The monoisotopic (exact) mass is 294 g/mol. The molecule has 7 heteroatoms. The molecule has 0 bridgehead atoms. The van der Waals surface area contributed by atoms with E-state index in [0.29, 0.717) is 11.4 Å². The molecule has 3 N–H and O–H groups in total. The summed E-state index contributed by atoms with van der Waals surface area (Å²) in [5, 5.41) is 7.69. The SMILES string of the molecule is N=c1sc2cc(OCCN3CCOCC3)ccc2n1N. The third kappa shape index (κ3) is 2.79. The maximum Gasteiger partial charge on any atom is 0.201 e. The molecule has 1 aliphatic rings. The number of nitrogen functional groups attached to an aromatic ring is 1. The Kier molecular flexibility index (Phi) is 3.90. The number of nitrogens with two attached hydrogens (primary N) is 1. The van der Waals surface area contributed by atoms with E-state index in [1.807, 2.05) is 18.2 Å². The first-order chi connectivity index (χ1) is 9.74. The van der Waals surface area contributed by atoms with Crippen molar-refractivity contribution in [1.29, 1.82) is 5.41 Å². The van der Waals surface area contributed by atoms with Gasteiger partial charge in [0.2, 0.25) is 4.80 Å². The molecule has 1 aromatic heterocycles. The maximum absolute atomic E-state index is 7.69. The number of fused-ring (bicyclic) bond motifs is 1. The summed E-state index contributed by atoms with van der Waals surface area (Å²) in [6.07, 6.45) is 0. The van der Waals surface area contributed by atoms with E-state index in [0.717, 1.165) is 48.8 Å². The first-order valence-corrected chi connectivity index (χ1v) is 7.44. The molecular formula is C13H18N4O2S. The molecule has 1 saturated heterocycles. The first kappa shape index (κ1) is 13.4. The van der Waals surface area contributed by atoms with Crippen molar-refractivity contribution < 1.29 is 9.47 Å². The van der Waals surface area contributed by atoms with Crippen molar-refractivity contribution in [3.05, 3.63) is 23.0 Å². The van der Waals surface area contributed by atoms with Crippen molar-refractivity contribution in [3.8, 4) is 5.75 Å². The summed E-state index contributed by atoms with van der Waals surface area (Å²) >= 11 is 1.35. The zero-order chi connectivity index (χ0) is 13.9. The topological polar surface area (TPSA) is 76.5 Å². The van der Waals surface area contributed by atoms with E-state index in [1.165, 1.54) is 16.0 Å². The Labute approximate surface area is 120 Å². The summed E-state index contributed by atoms with van der Waals surface area (Å²) in [4.78, 5) is 2.67. The van der Waals surface area contributed by atoms with Crippen LogP contribution in [0.5, 0.6) is 5.75 Å². The lowest BCUT2D eigenvalue weighted by Crippen LogP contribution is -2.38. The lowest BCUT2D eigenvalue weighted by atomic mass is 10.3. The summed E-state index contributed by atoms with van der Waals surface area (Å²) in [6, 6.07) is 5.74. The molecule has 20 heavy (non-hydrogen) atoms. The Morgan fingerprint density at radius 3 is 2.95 bits per heavy atom. The second-order valence-electron chi connectivity index (χ2n) is 4.71. The normalized spacial score (nSPS) is 16.6. The van der Waals surface area contributed by atoms with Gasteiger partial charge in [0.25, 0.3) is 0 Å². The van der Waals surface area contributed by atoms with Crippen molar-refractivity contribution in [2.75, 3.05) is 45.3 Å². The van der Waals surface area contributed by atoms with E-state index < -0.39 is 0 Å². The molecule has 108 valence electrons. The minimum Gasteiger partial charge on any atom is -0.492 e. The van der Waals surface area contributed by atoms with Crippen LogP contribution in [0.15, 0.2) is 18.2 Å². The second kappa shape index (κ2) is 5.82. The lowest BCUT2D eigenvalue weighted by Gasteiger charge is -2.26. The molecule has 0 spiro atoms. The number of nitrogens with one attached hydrogen (secondary N) is 1. The standard InChI is InChI=1S/C13H18N4O2S/c14-13-17(15)11-2-1-10(9-12(11)20-13)19-8-5-16-3-6-18-7-4-16/h1-2,9,14H,3-8,15H2. The predicted octanol–water partition coefficient (Wildman–Crippen LogP) is 0.607. The zero-order valence-corrected chi connectivity index (χ0v) is 12.0. The predicted molar refractivity (Wildman–Crippen MR) is 78.6 cm³/mol. The van der Waals surface area contributed by atoms with Crippen LogP contribution in [-0.2, 0) is 4.74 Å². The van der Waals surface area contributed by atoms with Gasteiger partial charge in [-0.1, -0.05) is 11.3 Å². The van der Waals surface area contributed by atoms with E-state index in [2.05, 4.69) is 4.90 Å². The van der Waals surface area contributed by atoms with Crippen LogP contribution in [0.1, 0.15) is 0 Å². The summed E-state index contributed by atoms with van der Waals surface area (Å²) in [6.45, 7) is 5.14. The van der Waals surface area contributed by atoms with Crippen LogP contribution >= 0.6 is 11.3 Å². The van der Waals surface area contributed by atoms with Crippen LogP contribution in [-0.4, -0.2) is 49.0 Å². The lowest BCUT2D eigenvalue weighted by molar-refractivity contribution is 0.0322. The Balaban J connectivity index is 1.61. The van der Waals surface area contributed by atoms with Gasteiger partial charge in [-0.2, -0.15) is 0 Å². The highest BCUT2D eigenvalue weighted by Gasteiger charge is 2.10. The van der Waals surface area contributed by atoms with Gasteiger partial charge in [0.05, 0.1) is 23.4 Å². The molecule has 2 aromatic rings. The Morgan fingerprint density at radius 1 is 1.35 bits per heavy atom. The molecule has 6 nitrogen and oxygen atoms in total. The Hall–Kier alpha value is -1.57. The fraction of sp³-hybridized carbons (Fsp3) is 0.462. The van der Waals surface area contributed by atoms with Crippen LogP contribution < -0.4 is 15.4 Å². The smallest absolute Gasteiger partial charge is 0.201 e.